The van der Waals surface area contributed by atoms with Crippen molar-refractivity contribution < 1.29 is 47.1 Å². The maximum Gasteiger partial charge on any atom is 0.338 e. The molecular weight excluding hydrogens is 1710 g/mol. The number of hydrogen-bond donors (Lipinski definition) is 2. The Balaban J connectivity index is 0.000000126. The molecule has 27 heteroatoms. The van der Waals surface area contributed by atoms with E-state index in [9.17, 15) is 29.0 Å². The lowest BCUT2D eigenvalue weighted by molar-refractivity contribution is -0.121. The maximum atomic E-state index is 14.6. The molecule has 0 aliphatic heterocycles. The number of carboxylic acid groups (broad SMARTS) is 2. The molecule has 4 atom stereocenters. The first-order valence-electron chi connectivity index (χ1n) is 44.8. The van der Waals surface area contributed by atoms with Gasteiger partial charge in [0.2, 0.25) is 0 Å². The Morgan fingerprint density at radius 1 is 0.368 bits per heavy atom. The van der Waals surface area contributed by atoms with Gasteiger partial charge in [0.25, 0.3) is 0 Å². The number of aromatic carboxylic acids is 2. The highest BCUT2D eigenvalue weighted by atomic mass is 19.1. The monoisotopic (exact) mass is 1810 g/mol. The van der Waals surface area contributed by atoms with Gasteiger partial charge in [0.15, 0.2) is 0 Å². The molecule has 17 aromatic heterocycles. The molecule has 0 aliphatic rings. The number of ketones is 1. The number of halogens is 1. The number of benzene rings is 3. The molecule has 0 fully saturated rings. The van der Waals surface area contributed by atoms with Crippen LogP contribution in [-0.4, -0.2) is 112 Å². The zero-order valence-electron chi connectivity index (χ0n) is 78.4. The van der Waals surface area contributed by atoms with Crippen molar-refractivity contribution in [2.45, 2.75) is 154 Å². The molecular formula is C109H100FN17O9. The lowest BCUT2D eigenvalue weighted by atomic mass is 9.81. The van der Waals surface area contributed by atoms with Crippen molar-refractivity contribution in [3.8, 4) is 89.0 Å². The number of pyridine rings is 9. The first-order valence-corrected chi connectivity index (χ1v) is 44.8. The SMILES string of the molecule is CC(=O)C(C)(C)c1ccc(-c2cn([C@@H](C)c3ccccn3)c3cc(-c4c(C)noc4C)cnc23)cc1.CC[C@@H](c1ccccn1)n1cc(-c2ccc(C(=O)O)c(F)c2)c2ncc(-c3c(C)noc3C)cc21.Cc1cc(-c2cn([C@@H](C)c3ccccn3)c3cc(-c4c(C)noc4C)cnc23)ccc1C(=O)O.Cc1ccc(-c2cn([C@@H](C)c3ccccn3)c3cc(-c4c(C)noc4C)cnc23)cn1. The van der Waals surface area contributed by atoms with E-state index in [0.717, 1.165) is 197 Å². The van der Waals surface area contributed by atoms with Gasteiger partial charge in [-0.25, -0.2) is 14.0 Å². The summed E-state index contributed by atoms with van der Waals surface area (Å²) in [6, 6.07) is 53.9. The van der Waals surface area contributed by atoms with Crippen LogP contribution in [0.4, 0.5) is 4.39 Å². The summed E-state index contributed by atoms with van der Waals surface area (Å²) < 4.78 is 44.9. The van der Waals surface area contributed by atoms with Gasteiger partial charge in [-0.15, -0.1) is 0 Å². The Morgan fingerprint density at radius 3 is 1.01 bits per heavy atom. The molecule has 0 amide bonds. The van der Waals surface area contributed by atoms with Gasteiger partial charge in [0.05, 0.1) is 125 Å². The molecule has 0 spiro atoms. The average Bonchev–Trinajstić information content (AvgIpc) is 1.61. The zero-order chi connectivity index (χ0) is 95.8. The fourth-order valence-electron chi connectivity index (χ4n) is 17.9. The van der Waals surface area contributed by atoms with Crippen molar-refractivity contribution in [1.82, 2.24) is 83.8 Å². The van der Waals surface area contributed by atoms with Gasteiger partial charge in [-0.05, 0) is 242 Å². The molecule has 3 aromatic carbocycles. The molecule has 0 radical (unpaired) electrons. The number of aromatic nitrogens is 17. The lowest BCUT2D eigenvalue weighted by Crippen LogP contribution is -2.26. The van der Waals surface area contributed by atoms with Crippen LogP contribution in [0.15, 0.2) is 269 Å². The quantitative estimate of drug-likeness (QED) is 0.0675. The molecule has 0 bridgehead atoms. The normalized spacial score (nSPS) is 12.4. The molecule has 682 valence electrons. The van der Waals surface area contributed by atoms with Crippen LogP contribution in [0.2, 0.25) is 0 Å². The van der Waals surface area contributed by atoms with E-state index in [-0.39, 0.29) is 35.5 Å². The largest absolute Gasteiger partial charge is 0.478 e. The summed E-state index contributed by atoms with van der Waals surface area (Å²) in [4.78, 5) is 77.2. The second-order valence-electron chi connectivity index (χ2n) is 34.7. The van der Waals surface area contributed by atoms with Gasteiger partial charge in [-0.2, -0.15) is 0 Å². The van der Waals surface area contributed by atoms with Crippen LogP contribution in [0, 0.1) is 75.1 Å². The van der Waals surface area contributed by atoms with E-state index in [0.29, 0.717) is 33.5 Å². The first-order chi connectivity index (χ1) is 65.4. The van der Waals surface area contributed by atoms with Crippen molar-refractivity contribution >= 4 is 61.9 Å². The minimum absolute atomic E-state index is 0.0000815. The third kappa shape index (κ3) is 17.8. The predicted octanol–water partition coefficient (Wildman–Crippen LogP) is 24.7. The van der Waals surface area contributed by atoms with E-state index in [1.807, 2.05) is 230 Å². The first kappa shape index (κ1) is 91.4. The van der Waals surface area contributed by atoms with E-state index in [4.69, 9.17) is 38.0 Å². The third-order valence-electron chi connectivity index (χ3n) is 25.6. The fraction of sp³-hybridized carbons (Fsp3) is 0.211. The van der Waals surface area contributed by atoms with E-state index in [1.165, 1.54) is 12.1 Å². The number of nitrogens with zero attached hydrogens (tertiary/aromatic N) is 17. The Morgan fingerprint density at radius 2 is 0.691 bits per heavy atom. The molecule has 136 heavy (non-hydrogen) atoms. The Labute approximate surface area is 783 Å². The number of hydrogen-bond acceptors (Lipinski definition) is 20. The minimum atomic E-state index is -1.31. The van der Waals surface area contributed by atoms with Gasteiger partial charge < -0.3 is 46.6 Å². The van der Waals surface area contributed by atoms with Crippen molar-refractivity contribution in [2.24, 2.45) is 0 Å². The summed E-state index contributed by atoms with van der Waals surface area (Å²) in [5.41, 5.74) is 31.2. The molecule has 0 saturated heterocycles. The molecule has 0 unspecified atom stereocenters. The fourth-order valence-corrected chi connectivity index (χ4v) is 17.9. The van der Waals surface area contributed by atoms with Gasteiger partial charge in [-0.1, -0.05) is 100 Å². The van der Waals surface area contributed by atoms with Crippen molar-refractivity contribution in [3.63, 3.8) is 0 Å². The molecule has 0 saturated carbocycles. The highest BCUT2D eigenvalue weighted by Crippen LogP contribution is 2.44. The summed E-state index contributed by atoms with van der Waals surface area (Å²) in [6.45, 7) is 33.2. The molecule has 26 nitrogen and oxygen atoms in total. The topological polar surface area (TPSA) is 332 Å². The van der Waals surface area contributed by atoms with Crippen LogP contribution in [0.5, 0.6) is 0 Å². The lowest BCUT2D eigenvalue weighted by Gasteiger charge is -2.21. The minimum Gasteiger partial charge on any atom is -0.478 e. The molecule has 20 aromatic rings. The smallest absolute Gasteiger partial charge is 0.338 e. The molecule has 20 rings (SSSR count). The number of aryl methyl sites for hydroxylation is 10. The van der Waals surface area contributed by atoms with Crippen LogP contribution in [0.1, 0.15) is 185 Å². The third-order valence-corrected chi connectivity index (χ3v) is 25.6. The number of carboxylic acids is 2. The highest BCUT2D eigenvalue weighted by Gasteiger charge is 2.30. The number of carbonyl (C=O) groups is 3. The number of rotatable bonds is 21. The average molecular weight is 1810 g/mol. The van der Waals surface area contributed by atoms with Gasteiger partial charge in [-0.3, -0.25) is 49.7 Å². The number of carbonyl (C=O) groups excluding carboxylic acids is 1. The zero-order valence-corrected chi connectivity index (χ0v) is 78.4. The van der Waals surface area contributed by atoms with Crippen LogP contribution < -0.4 is 0 Å². The van der Waals surface area contributed by atoms with Crippen LogP contribution in [-0.2, 0) is 10.2 Å². The summed E-state index contributed by atoms with van der Waals surface area (Å²) in [7, 11) is 0. The van der Waals surface area contributed by atoms with E-state index >= 15 is 0 Å². The molecule has 2 N–H and O–H groups in total. The Bertz CT molecular complexity index is 7790. The van der Waals surface area contributed by atoms with Gasteiger partial charge in [0.1, 0.15) is 34.6 Å². The number of fused-ring (bicyclic) bond motifs is 4. The predicted molar refractivity (Wildman–Crippen MR) is 522 cm³/mol. The maximum absolute atomic E-state index is 14.6. The second kappa shape index (κ2) is 38.0. The van der Waals surface area contributed by atoms with Crippen molar-refractivity contribution in [2.75, 3.05) is 0 Å². The second-order valence-corrected chi connectivity index (χ2v) is 34.7. The summed E-state index contributed by atoms with van der Waals surface area (Å²) in [5, 5.41) is 35.1. The van der Waals surface area contributed by atoms with E-state index in [2.05, 4.69) is 153 Å². The summed E-state index contributed by atoms with van der Waals surface area (Å²) >= 11 is 0. The van der Waals surface area contributed by atoms with Crippen molar-refractivity contribution in [3.05, 3.63) is 353 Å². The molecule has 0 aliphatic carbocycles. The Hall–Kier alpha value is -16.5. The van der Waals surface area contributed by atoms with Crippen LogP contribution >= 0.6 is 0 Å². The van der Waals surface area contributed by atoms with Crippen molar-refractivity contribution in [1.29, 1.82) is 0 Å². The molecule has 17 heterocycles. The summed E-state index contributed by atoms with van der Waals surface area (Å²) in [5.74, 6) is 0.118. The van der Waals surface area contributed by atoms with Crippen LogP contribution in [0.25, 0.3) is 133 Å². The van der Waals surface area contributed by atoms with E-state index in [1.54, 1.807) is 37.6 Å². The van der Waals surface area contributed by atoms with Gasteiger partial charge >= 0.3 is 11.9 Å². The van der Waals surface area contributed by atoms with Crippen LogP contribution in [0.3, 0.4) is 0 Å². The Kier molecular flexibility index (Phi) is 25.6. The van der Waals surface area contributed by atoms with Gasteiger partial charge in [0, 0.05) is 164 Å². The highest BCUT2D eigenvalue weighted by molar-refractivity contribution is 6.01. The standard InChI is InChI=1S/C30H30N4O2.C27H23FN4O3.C27H24N4O3.C25H23N5O/c1-18-28(20(3)36-33-18)23-15-27-29(32-16-23)25(17-34(27)19(2)26-9-7-8-14-31-26)22-10-12-24(13-11-22)30(5,6)21(4)35;1-4-23(22-7-5-6-10-29-22)32-14-20(17-8-9-19(27(33)34)21(28)11-17)26-24(32)12-18(13-30-26)25-15(2)31-35-16(25)3;1-15-11-19(8-9-21(15)27(32)33)22-14-31(17(3)23-7-5-6-10-28-23)24-12-20(13-29-26(22)24)25-16(2)30-34-18(25)4;1-15-8-9-19(12-27-15)21-14-30(17(3)22-7-5-6-10-26-22)23-11-20(13-28-25(21)23)24-16(2)29-31-18(24)4/h7-17,19H,1-6H3;5-14,23H,4H2,1-3H3,(H,33,34);5-14,17H,1-4H3,(H,32,33);5-14,17H,1-4H3/t19-;23-;2*17-/m0000/s1. The summed E-state index contributed by atoms with van der Waals surface area (Å²) in [6.07, 6.45) is 25.6. The number of Topliss-reactive ketones (excluding diaryl/α,β-unsaturated/α-hetero) is 1. The van der Waals surface area contributed by atoms with E-state index < -0.39 is 23.2 Å².